The zero-order chi connectivity index (χ0) is 6.15. The minimum atomic E-state index is 1.28. The lowest BCUT2D eigenvalue weighted by atomic mass is 10.5. The summed E-state index contributed by atoms with van der Waals surface area (Å²) in [7, 11) is 2.65. The minimum Gasteiger partial charge on any atom is -0.334 e. The Kier molecular flexibility index (Phi) is 1.39. The topological polar surface area (TPSA) is 4.93 Å². The molecule has 0 bridgehead atoms. The molecule has 0 aromatic carbocycles. The summed E-state index contributed by atoms with van der Waals surface area (Å²) in [5.41, 5.74) is 2.57. The summed E-state index contributed by atoms with van der Waals surface area (Å²) in [6, 6.07) is 4.20. The fourth-order valence-corrected chi connectivity index (χ4v) is 0.852. The second-order valence-electron chi connectivity index (χ2n) is 1.99. The molecule has 1 aromatic heterocycles. The van der Waals surface area contributed by atoms with Gasteiger partial charge in [-0.25, -0.2) is 0 Å². The average Bonchev–Trinajstić information content (AvgIpc) is 1.98. The Bertz CT molecular complexity index is 171. The van der Waals surface area contributed by atoms with Crippen LogP contribution >= 0.6 is 9.39 Å². The molecule has 44 valence electrons. The lowest BCUT2D eigenvalue weighted by molar-refractivity contribution is 1.11. The fourth-order valence-electron chi connectivity index (χ4n) is 0.680. The summed E-state index contributed by atoms with van der Waals surface area (Å²) in [5.74, 6) is 0. The Hall–Kier alpha value is -0.290. The summed E-state index contributed by atoms with van der Waals surface area (Å²) in [5, 5.41) is 0. The molecule has 0 saturated carbocycles. The van der Waals surface area contributed by atoms with Crippen LogP contribution in [0.2, 0.25) is 0 Å². The molecule has 0 spiro atoms. The number of aryl methyl sites for hydroxylation is 2. The van der Waals surface area contributed by atoms with Crippen molar-refractivity contribution in [3.05, 3.63) is 23.5 Å². The number of rotatable bonds is 0. The van der Waals surface area contributed by atoms with Gasteiger partial charge < -0.3 is 4.34 Å². The van der Waals surface area contributed by atoms with Crippen LogP contribution in [0, 0.1) is 13.8 Å². The van der Waals surface area contributed by atoms with Crippen LogP contribution in [0.25, 0.3) is 0 Å². The highest BCUT2D eigenvalue weighted by Gasteiger charge is 1.91. The van der Waals surface area contributed by atoms with E-state index in [2.05, 4.69) is 39.7 Å². The number of hydrogen-bond acceptors (Lipinski definition) is 0. The maximum atomic E-state index is 2.65. The zero-order valence-electron chi connectivity index (χ0n) is 5.18. The van der Waals surface area contributed by atoms with Crippen molar-refractivity contribution in [3.8, 4) is 0 Å². The predicted octanol–water partition coefficient (Wildman–Crippen LogP) is 1.74. The van der Waals surface area contributed by atoms with Crippen molar-refractivity contribution in [1.82, 2.24) is 4.34 Å². The van der Waals surface area contributed by atoms with Crippen LogP contribution < -0.4 is 0 Å². The van der Waals surface area contributed by atoms with Crippen LogP contribution in [0.15, 0.2) is 12.1 Å². The Morgan fingerprint density at radius 1 is 1.25 bits per heavy atom. The Labute approximate surface area is 52.0 Å². The normalized spacial score (nSPS) is 9.88. The number of aromatic nitrogens is 1. The first kappa shape index (κ1) is 5.84. The van der Waals surface area contributed by atoms with Crippen molar-refractivity contribution in [2.24, 2.45) is 0 Å². The summed E-state index contributed by atoms with van der Waals surface area (Å²) >= 11 is 0. The van der Waals surface area contributed by atoms with Gasteiger partial charge in [0.1, 0.15) is 0 Å². The maximum absolute atomic E-state index is 2.65. The Balaban J connectivity index is 3.19. The van der Waals surface area contributed by atoms with Crippen molar-refractivity contribution in [2.45, 2.75) is 13.8 Å². The van der Waals surface area contributed by atoms with Gasteiger partial charge in [-0.2, -0.15) is 0 Å². The molecule has 0 aliphatic rings. The van der Waals surface area contributed by atoms with Crippen LogP contribution in [0.1, 0.15) is 11.4 Å². The highest BCUT2D eigenvalue weighted by Crippen LogP contribution is 2.09. The summed E-state index contributed by atoms with van der Waals surface area (Å²) in [6.07, 6.45) is 0. The molecule has 0 amide bonds. The maximum Gasteiger partial charge on any atom is 0.0178 e. The van der Waals surface area contributed by atoms with Gasteiger partial charge in [0.2, 0.25) is 0 Å². The van der Waals surface area contributed by atoms with Crippen LogP contribution in [0.4, 0.5) is 0 Å². The van der Waals surface area contributed by atoms with E-state index < -0.39 is 0 Å². The molecule has 0 radical (unpaired) electrons. The molecule has 0 fully saturated rings. The van der Waals surface area contributed by atoms with Crippen molar-refractivity contribution in [3.63, 3.8) is 0 Å². The van der Waals surface area contributed by atoms with Gasteiger partial charge in [-0.3, -0.25) is 0 Å². The van der Waals surface area contributed by atoms with Gasteiger partial charge in [0.15, 0.2) is 0 Å². The van der Waals surface area contributed by atoms with Crippen molar-refractivity contribution < 1.29 is 0 Å². The monoisotopic (exact) mass is 127 g/mol. The standard InChI is InChI=1S/C6H10NP/c1-5-3-4-6(2)7(5)8/h3-4H,8H2,1-2H3. The van der Waals surface area contributed by atoms with E-state index in [4.69, 9.17) is 0 Å². The highest BCUT2D eigenvalue weighted by molar-refractivity contribution is 7.14. The molecule has 0 aliphatic carbocycles. The minimum absolute atomic E-state index is 1.28. The van der Waals surface area contributed by atoms with Crippen LogP contribution in [0.3, 0.4) is 0 Å². The van der Waals surface area contributed by atoms with Crippen molar-refractivity contribution in [1.29, 1.82) is 0 Å². The molecule has 1 heterocycles. The SMILES string of the molecule is Cc1ccc(C)n1P. The third-order valence-corrected chi connectivity index (χ3v) is 2.14. The van der Waals surface area contributed by atoms with Gasteiger partial charge in [0.25, 0.3) is 0 Å². The fraction of sp³-hybridized carbons (Fsp3) is 0.333. The van der Waals surface area contributed by atoms with E-state index in [0.717, 1.165) is 0 Å². The third-order valence-electron chi connectivity index (χ3n) is 1.33. The van der Waals surface area contributed by atoms with Gasteiger partial charge in [-0.05, 0) is 35.4 Å². The quantitative estimate of drug-likeness (QED) is 0.468. The van der Waals surface area contributed by atoms with E-state index in [-0.39, 0.29) is 0 Å². The first-order valence-corrected chi connectivity index (χ1v) is 3.13. The van der Waals surface area contributed by atoms with Gasteiger partial charge in [0, 0.05) is 11.4 Å². The summed E-state index contributed by atoms with van der Waals surface area (Å²) < 4.78 is 2.08. The second kappa shape index (κ2) is 1.91. The van der Waals surface area contributed by atoms with E-state index in [1.165, 1.54) is 11.4 Å². The van der Waals surface area contributed by atoms with E-state index in [0.29, 0.717) is 0 Å². The lowest BCUT2D eigenvalue weighted by Crippen LogP contribution is -1.82. The zero-order valence-corrected chi connectivity index (χ0v) is 6.33. The Morgan fingerprint density at radius 2 is 1.62 bits per heavy atom. The Morgan fingerprint density at radius 3 is 1.75 bits per heavy atom. The van der Waals surface area contributed by atoms with Crippen molar-refractivity contribution in [2.75, 3.05) is 0 Å². The molecule has 1 atom stereocenters. The molecule has 0 saturated heterocycles. The van der Waals surface area contributed by atoms with Gasteiger partial charge in [0.05, 0.1) is 0 Å². The molecular formula is C6H10NP. The molecule has 0 N–H and O–H groups in total. The van der Waals surface area contributed by atoms with Gasteiger partial charge in [-0.15, -0.1) is 0 Å². The van der Waals surface area contributed by atoms with Gasteiger partial charge in [-0.1, -0.05) is 0 Å². The number of nitrogens with zero attached hydrogens (tertiary/aromatic N) is 1. The molecule has 8 heavy (non-hydrogen) atoms. The predicted molar refractivity (Wildman–Crippen MR) is 39.0 cm³/mol. The molecule has 2 heteroatoms. The average molecular weight is 127 g/mol. The van der Waals surface area contributed by atoms with E-state index in [1.54, 1.807) is 0 Å². The summed E-state index contributed by atoms with van der Waals surface area (Å²) in [4.78, 5) is 0. The summed E-state index contributed by atoms with van der Waals surface area (Å²) in [6.45, 7) is 4.17. The van der Waals surface area contributed by atoms with Crippen LogP contribution in [0.5, 0.6) is 0 Å². The first-order chi connectivity index (χ1) is 3.72. The third kappa shape index (κ3) is 0.784. The van der Waals surface area contributed by atoms with Crippen molar-refractivity contribution >= 4 is 9.39 Å². The molecule has 1 unspecified atom stereocenters. The van der Waals surface area contributed by atoms with E-state index in [9.17, 15) is 0 Å². The van der Waals surface area contributed by atoms with Gasteiger partial charge >= 0.3 is 0 Å². The second-order valence-corrected chi connectivity index (χ2v) is 2.50. The largest absolute Gasteiger partial charge is 0.334 e. The number of hydrogen-bond donors (Lipinski definition) is 0. The van der Waals surface area contributed by atoms with Crippen LogP contribution in [-0.4, -0.2) is 4.34 Å². The molecule has 0 aliphatic heterocycles. The smallest absolute Gasteiger partial charge is 0.0178 e. The molecule has 1 rings (SSSR count). The van der Waals surface area contributed by atoms with E-state index >= 15 is 0 Å². The highest BCUT2D eigenvalue weighted by atomic mass is 31.0. The molecule has 1 nitrogen and oxygen atoms in total. The first-order valence-electron chi connectivity index (χ1n) is 2.62. The lowest BCUT2D eigenvalue weighted by Gasteiger charge is -1.95. The molecule has 1 aromatic rings. The molecular weight excluding hydrogens is 117 g/mol. The van der Waals surface area contributed by atoms with Crippen LogP contribution in [-0.2, 0) is 0 Å². The van der Waals surface area contributed by atoms with E-state index in [1.807, 2.05) is 0 Å².